The van der Waals surface area contributed by atoms with Crippen molar-refractivity contribution in [3.05, 3.63) is 47.5 Å². The minimum Gasteiger partial charge on any atom is -0.313 e. The van der Waals surface area contributed by atoms with Gasteiger partial charge in [-0.3, -0.25) is 0 Å². The van der Waals surface area contributed by atoms with Gasteiger partial charge in [0.1, 0.15) is 12.2 Å². The van der Waals surface area contributed by atoms with E-state index in [1.54, 1.807) is 0 Å². The van der Waals surface area contributed by atoms with Crippen LogP contribution in [0.2, 0.25) is 0 Å². The highest BCUT2D eigenvalue weighted by Crippen LogP contribution is 2.28. The predicted molar refractivity (Wildman–Crippen MR) is 86.6 cm³/mol. The number of nitrogens with zero attached hydrogens (tertiary/aromatic N) is 3. The van der Waals surface area contributed by atoms with Gasteiger partial charge in [0, 0.05) is 12.1 Å². The largest absolute Gasteiger partial charge is 0.313 e. The fourth-order valence-electron chi connectivity index (χ4n) is 4.00. The summed E-state index contributed by atoms with van der Waals surface area (Å²) in [6.45, 7) is 0.829. The number of aromatic nitrogens is 3. The van der Waals surface area contributed by atoms with Crippen molar-refractivity contribution < 1.29 is 0 Å². The lowest BCUT2D eigenvalue weighted by Crippen LogP contribution is -2.30. The molecule has 2 aliphatic carbocycles. The lowest BCUT2D eigenvalue weighted by Gasteiger charge is -2.24. The Morgan fingerprint density at radius 2 is 1.77 bits per heavy atom. The maximum atomic E-state index is 4.35. The molecule has 0 spiro atoms. The van der Waals surface area contributed by atoms with Gasteiger partial charge in [0.05, 0.1) is 6.54 Å². The van der Waals surface area contributed by atoms with Gasteiger partial charge in [-0.25, -0.2) is 0 Å². The first kappa shape index (κ1) is 13.9. The summed E-state index contributed by atoms with van der Waals surface area (Å²) in [5.74, 6) is 1.10. The topological polar surface area (TPSA) is 42.7 Å². The molecule has 1 N–H and O–H groups in total. The van der Waals surface area contributed by atoms with E-state index in [1.807, 2.05) is 6.33 Å². The highest BCUT2D eigenvalue weighted by atomic mass is 15.3. The summed E-state index contributed by atoms with van der Waals surface area (Å²) in [7, 11) is 0. The molecule has 1 heterocycles. The quantitative estimate of drug-likeness (QED) is 0.943. The second-order valence-electron chi connectivity index (χ2n) is 6.70. The molecule has 4 heteroatoms. The third-order valence-corrected chi connectivity index (χ3v) is 5.22. The molecule has 2 aliphatic rings. The van der Waals surface area contributed by atoms with Crippen LogP contribution in [-0.2, 0) is 19.4 Å². The van der Waals surface area contributed by atoms with Crippen molar-refractivity contribution >= 4 is 0 Å². The van der Waals surface area contributed by atoms with Crippen LogP contribution in [0.25, 0.3) is 0 Å². The first-order chi connectivity index (χ1) is 10.9. The summed E-state index contributed by atoms with van der Waals surface area (Å²) in [6, 6.07) is 9.93. The molecule has 2 aromatic rings. The Balaban J connectivity index is 1.38. The number of hydrogen-bond donors (Lipinski definition) is 1. The van der Waals surface area contributed by atoms with E-state index in [0.29, 0.717) is 12.1 Å². The van der Waals surface area contributed by atoms with E-state index in [2.05, 4.69) is 44.3 Å². The highest BCUT2D eigenvalue weighted by Gasteiger charge is 2.22. The van der Waals surface area contributed by atoms with Gasteiger partial charge in [-0.2, -0.15) is 0 Å². The molecule has 0 aliphatic heterocycles. The standard InChI is InChI=1S/C18H24N4/c1-2-8-17(9-3-1)22-13-20-21-18(22)12-19-16-10-14-6-4-5-7-15(14)11-16/h4-7,13,16-17,19H,1-3,8-12H2. The summed E-state index contributed by atoms with van der Waals surface area (Å²) < 4.78 is 2.31. The van der Waals surface area contributed by atoms with Crippen LogP contribution in [0.1, 0.15) is 55.1 Å². The van der Waals surface area contributed by atoms with Crippen LogP contribution in [0.5, 0.6) is 0 Å². The van der Waals surface area contributed by atoms with Crippen molar-refractivity contribution in [1.82, 2.24) is 20.1 Å². The Kier molecular flexibility index (Phi) is 3.94. The molecule has 1 saturated carbocycles. The lowest BCUT2D eigenvalue weighted by molar-refractivity contribution is 0.341. The van der Waals surface area contributed by atoms with Gasteiger partial charge in [-0.1, -0.05) is 43.5 Å². The first-order valence-corrected chi connectivity index (χ1v) is 8.59. The molecule has 0 bridgehead atoms. The van der Waals surface area contributed by atoms with Gasteiger partial charge in [0.25, 0.3) is 0 Å². The smallest absolute Gasteiger partial charge is 0.147 e. The third-order valence-electron chi connectivity index (χ3n) is 5.22. The molecule has 116 valence electrons. The molecule has 0 unspecified atom stereocenters. The Bertz CT molecular complexity index is 603. The Morgan fingerprint density at radius 1 is 1.05 bits per heavy atom. The Labute approximate surface area is 132 Å². The van der Waals surface area contributed by atoms with Crippen LogP contribution in [0, 0.1) is 0 Å². The van der Waals surface area contributed by atoms with E-state index in [9.17, 15) is 0 Å². The predicted octanol–water partition coefficient (Wildman–Crippen LogP) is 3.04. The zero-order chi connectivity index (χ0) is 14.8. The molecule has 0 saturated heterocycles. The number of rotatable bonds is 4. The maximum Gasteiger partial charge on any atom is 0.147 e. The van der Waals surface area contributed by atoms with Gasteiger partial charge in [0.15, 0.2) is 0 Å². The van der Waals surface area contributed by atoms with Crippen molar-refractivity contribution in [3.63, 3.8) is 0 Å². The van der Waals surface area contributed by atoms with E-state index < -0.39 is 0 Å². The van der Waals surface area contributed by atoms with Crippen molar-refractivity contribution in [2.24, 2.45) is 0 Å². The summed E-state index contributed by atoms with van der Waals surface area (Å²) in [5.41, 5.74) is 2.99. The second-order valence-corrected chi connectivity index (χ2v) is 6.70. The molecule has 22 heavy (non-hydrogen) atoms. The molecular formula is C18H24N4. The highest BCUT2D eigenvalue weighted by molar-refractivity contribution is 5.33. The summed E-state index contributed by atoms with van der Waals surface area (Å²) >= 11 is 0. The molecule has 1 aromatic heterocycles. The van der Waals surface area contributed by atoms with Gasteiger partial charge < -0.3 is 9.88 Å². The van der Waals surface area contributed by atoms with Crippen molar-refractivity contribution in [3.8, 4) is 0 Å². The first-order valence-electron chi connectivity index (χ1n) is 8.59. The molecule has 0 radical (unpaired) electrons. The molecule has 0 atom stereocenters. The van der Waals surface area contributed by atoms with Crippen LogP contribution < -0.4 is 5.32 Å². The van der Waals surface area contributed by atoms with Crippen LogP contribution in [0.15, 0.2) is 30.6 Å². The van der Waals surface area contributed by atoms with E-state index in [0.717, 1.165) is 25.2 Å². The molecule has 1 fully saturated rings. The lowest BCUT2D eigenvalue weighted by atomic mass is 9.95. The maximum absolute atomic E-state index is 4.35. The molecule has 4 rings (SSSR count). The van der Waals surface area contributed by atoms with Gasteiger partial charge in [-0.05, 0) is 36.8 Å². The van der Waals surface area contributed by atoms with E-state index in [4.69, 9.17) is 0 Å². The van der Waals surface area contributed by atoms with Crippen LogP contribution >= 0.6 is 0 Å². The second kappa shape index (κ2) is 6.21. The normalized spacial score (nSPS) is 19.5. The molecule has 4 nitrogen and oxygen atoms in total. The fraction of sp³-hybridized carbons (Fsp3) is 0.556. The van der Waals surface area contributed by atoms with Crippen LogP contribution in [0.4, 0.5) is 0 Å². The van der Waals surface area contributed by atoms with E-state index in [1.165, 1.54) is 43.2 Å². The van der Waals surface area contributed by atoms with Gasteiger partial charge in [0.2, 0.25) is 0 Å². The Morgan fingerprint density at radius 3 is 2.50 bits per heavy atom. The number of hydrogen-bond acceptors (Lipinski definition) is 3. The minimum absolute atomic E-state index is 0.536. The summed E-state index contributed by atoms with van der Waals surface area (Å²) in [5, 5.41) is 12.2. The third kappa shape index (κ3) is 2.80. The molecular weight excluding hydrogens is 272 g/mol. The number of nitrogens with one attached hydrogen (secondary N) is 1. The van der Waals surface area contributed by atoms with E-state index in [-0.39, 0.29) is 0 Å². The summed E-state index contributed by atoms with van der Waals surface area (Å²) in [6.07, 6.45) is 10.8. The molecule has 0 amide bonds. The monoisotopic (exact) mass is 296 g/mol. The average molecular weight is 296 g/mol. The SMILES string of the molecule is c1ccc2c(c1)CC(NCc1nncn1C1CCCCC1)C2. The Hall–Kier alpha value is -1.68. The van der Waals surface area contributed by atoms with Crippen molar-refractivity contribution in [2.45, 2.75) is 63.6 Å². The van der Waals surface area contributed by atoms with Gasteiger partial charge >= 0.3 is 0 Å². The average Bonchev–Trinajstić information content (AvgIpc) is 3.20. The zero-order valence-electron chi connectivity index (χ0n) is 13.0. The van der Waals surface area contributed by atoms with Crippen molar-refractivity contribution in [1.29, 1.82) is 0 Å². The number of fused-ring (bicyclic) bond motifs is 1. The summed E-state index contributed by atoms with van der Waals surface area (Å²) in [4.78, 5) is 0. The minimum atomic E-state index is 0.536. The van der Waals surface area contributed by atoms with Gasteiger partial charge in [-0.15, -0.1) is 10.2 Å². The number of benzene rings is 1. The van der Waals surface area contributed by atoms with E-state index >= 15 is 0 Å². The van der Waals surface area contributed by atoms with Crippen LogP contribution in [0.3, 0.4) is 0 Å². The molecule has 1 aromatic carbocycles. The zero-order valence-corrected chi connectivity index (χ0v) is 13.0. The van der Waals surface area contributed by atoms with Crippen LogP contribution in [-0.4, -0.2) is 20.8 Å². The fourth-order valence-corrected chi connectivity index (χ4v) is 4.00. The van der Waals surface area contributed by atoms with Crippen molar-refractivity contribution in [2.75, 3.05) is 0 Å².